The van der Waals surface area contributed by atoms with Gasteiger partial charge in [0, 0.05) is 19.1 Å². The van der Waals surface area contributed by atoms with Gasteiger partial charge in [-0.1, -0.05) is 6.07 Å². The molecule has 0 saturated carbocycles. The average molecular weight is 263 g/mol. The number of carboxylic acids is 1. The summed E-state index contributed by atoms with van der Waals surface area (Å²) in [7, 11) is 4.22. The van der Waals surface area contributed by atoms with Crippen LogP contribution in [0.4, 0.5) is 0 Å². The lowest BCUT2D eigenvalue weighted by molar-refractivity contribution is 0.0690. The third kappa shape index (κ3) is 3.75. The van der Waals surface area contributed by atoms with E-state index in [4.69, 9.17) is 5.11 Å². The lowest BCUT2D eigenvalue weighted by Gasteiger charge is -2.25. The van der Waals surface area contributed by atoms with Crippen molar-refractivity contribution < 1.29 is 9.90 Å². The molecule has 1 fully saturated rings. The summed E-state index contributed by atoms with van der Waals surface area (Å²) in [5, 5.41) is 8.93. The number of carbonyl (C=O) groups is 1. The predicted molar refractivity (Wildman–Crippen MR) is 73.2 cm³/mol. The fourth-order valence-corrected chi connectivity index (χ4v) is 2.60. The molecule has 0 radical (unpaired) electrons. The zero-order valence-electron chi connectivity index (χ0n) is 11.5. The van der Waals surface area contributed by atoms with Gasteiger partial charge in [0.2, 0.25) is 0 Å². The van der Waals surface area contributed by atoms with Crippen molar-refractivity contribution in [2.75, 3.05) is 27.2 Å². The molecule has 1 aromatic rings. The number of hydrogen-bond acceptors (Lipinski definition) is 4. The number of aromatic nitrogens is 1. The fourth-order valence-electron chi connectivity index (χ4n) is 2.60. The van der Waals surface area contributed by atoms with Gasteiger partial charge in [0.25, 0.3) is 0 Å². The molecule has 1 atom stereocenters. The van der Waals surface area contributed by atoms with E-state index in [1.807, 2.05) is 6.07 Å². The van der Waals surface area contributed by atoms with Gasteiger partial charge in [0.05, 0.1) is 5.69 Å². The molecule has 0 aromatic carbocycles. The molecule has 0 aliphatic carbocycles. The topological polar surface area (TPSA) is 56.7 Å². The van der Waals surface area contributed by atoms with Crippen molar-refractivity contribution in [3.05, 3.63) is 29.6 Å². The number of pyridine rings is 1. The summed E-state index contributed by atoms with van der Waals surface area (Å²) in [4.78, 5) is 19.6. The first-order chi connectivity index (χ1) is 9.06. The molecule has 5 heteroatoms. The van der Waals surface area contributed by atoms with Crippen molar-refractivity contribution in [1.29, 1.82) is 0 Å². The summed E-state index contributed by atoms with van der Waals surface area (Å²) >= 11 is 0. The van der Waals surface area contributed by atoms with Crippen LogP contribution in [0.3, 0.4) is 0 Å². The standard InChI is InChI=1S/C14H21N3O2/c1-16(10-12-6-4-8-17(12)2)9-11-5-3-7-13(15-11)14(18)19/h3,5,7,12H,4,6,8-10H2,1-2H3,(H,18,19). The SMILES string of the molecule is CN(Cc1cccc(C(=O)O)n1)CC1CCCN1C. The average Bonchev–Trinajstić information content (AvgIpc) is 2.75. The van der Waals surface area contributed by atoms with Crippen LogP contribution in [0.1, 0.15) is 29.0 Å². The van der Waals surface area contributed by atoms with Gasteiger partial charge in [-0.2, -0.15) is 0 Å². The second kappa shape index (κ2) is 6.12. The van der Waals surface area contributed by atoms with E-state index in [2.05, 4.69) is 28.9 Å². The Morgan fingerprint density at radius 2 is 2.37 bits per heavy atom. The van der Waals surface area contributed by atoms with Gasteiger partial charge in [-0.25, -0.2) is 9.78 Å². The summed E-state index contributed by atoms with van der Waals surface area (Å²) in [6.07, 6.45) is 2.51. The Balaban J connectivity index is 1.93. The van der Waals surface area contributed by atoms with Gasteiger partial charge in [-0.3, -0.25) is 4.90 Å². The highest BCUT2D eigenvalue weighted by Gasteiger charge is 2.22. The van der Waals surface area contributed by atoms with Crippen LogP contribution in [-0.2, 0) is 6.54 Å². The number of nitrogens with zero attached hydrogens (tertiary/aromatic N) is 3. The molecule has 0 amide bonds. The Morgan fingerprint density at radius 1 is 1.58 bits per heavy atom. The minimum Gasteiger partial charge on any atom is -0.477 e. The van der Waals surface area contributed by atoms with Gasteiger partial charge in [0.15, 0.2) is 0 Å². The third-order valence-corrected chi connectivity index (χ3v) is 3.65. The summed E-state index contributed by atoms with van der Waals surface area (Å²) in [5.74, 6) is -0.972. The van der Waals surface area contributed by atoms with Crippen molar-refractivity contribution in [2.24, 2.45) is 0 Å². The molecular formula is C14H21N3O2. The van der Waals surface area contributed by atoms with E-state index in [1.54, 1.807) is 6.07 Å². The molecule has 1 aliphatic rings. The number of likely N-dealkylation sites (N-methyl/N-ethyl adjacent to an activating group) is 2. The van der Waals surface area contributed by atoms with Crippen LogP contribution in [0.15, 0.2) is 18.2 Å². The molecule has 2 rings (SSSR count). The molecule has 2 heterocycles. The Bertz CT molecular complexity index is 450. The van der Waals surface area contributed by atoms with Crippen LogP contribution in [0.25, 0.3) is 0 Å². The molecule has 1 saturated heterocycles. The van der Waals surface area contributed by atoms with E-state index in [9.17, 15) is 4.79 Å². The second-order valence-electron chi connectivity index (χ2n) is 5.29. The highest BCUT2D eigenvalue weighted by atomic mass is 16.4. The first kappa shape index (κ1) is 14.0. The van der Waals surface area contributed by atoms with Gasteiger partial charge >= 0.3 is 5.97 Å². The normalized spacial score (nSPS) is 20.1. The third-order valence-electron chi connectivity index (χ3n) is 3.65. The largest absolute Gasteiger partial charge is 0.477 e. The van der Waals surface area contributed by atoms with Crippen LogP contribution in [0.2, 0.25) is 0 Å². The molecular weight excluding hydrogens is 242 g/mol. The summed E-state index contributed by atoms with van der Waals surface area (Å²) in [5.41, 5.74) is 0.923. The van der Waals surface area contributed by atoms with E-state index < -0.39 is 5.97 Å². The minimum atomic E-state index is -0.972. The fraction of sp³-hybridized carbons (Fsp3) is 0.571. The molecule has 1 unspecified atom stereocenters. The lowest BCUT2D eigenvalue weighted by Crippen LogP contribution is -2.36. The zero-order valence-corrected chi connectivity index (χ0v) is 11.5. The van der Waals surface area contributed by atoms with E-state index in [0.29, 0.717) is 12.6 Å². The van der Waals surface area contributed by atoms with Crippen molar-refractivity contribution in [1.82, 2.24) is 14.8 Å². The lowest BCUT2D eigenvalue weighted by atomic mass is 10.2. The maximum Gasteiger partial charge on any atom is 0.354 e. The molecule has 5 nitrogen and oxygen atoms in total. The smallest absolute Gasteiger partial charge is 0.354 e. The monoisotopic (exact) mass is 263 g/mol. The predicted octanol–water partition coefficient (Wildman–Crippen LogP) is 1.31. The number of aromatic carboxylic acids is 1. The van der Waals surface area contributed by atoms with Crippen LogP contribution in [-0.4, -0.2) is 59.1 Å². The van der Waals surface area contributed by atoms with Crippen molar-refractivity contribution in [3.63, 3.8) is 0 Å². The quantitative estimate of drug-likeness (QED) is 0.868. The molecule has 1 N–H and O–H groups in total. The van der Waals surface area contributed by atoms with E-state index in [0.717, 1.165) is 12.2 Å². The number of rotatable bonds is 5. The van der Waals surface area contributed by atoms with E-state index in [1.165, 1.54) is 25.5 Å². The van der Waals surface area contributed by atoms with Crippen molar-refractivity contribution >= 4 is 5.97 Å². The van der Waals surface area contributed by atoms with Crippen LogP contribution in [0, 0.1) is 0 Å². The second-order valence-corrected chi connectivity index (χ2v) is 5.29. The Labute approximate surface area is 113 Å². The Kier molecular flexibility index (Phi) is 4.50. The molecule has 104 valence electrons. The molecule has 0 spiro atoms. The number of carboxylic acid groups (broad SMARTS) is 1. The Morgan fingerprint density at radius 3 is 3.00 bits per heavy atom. The summed E-state index contributed by atoms with van der Waals surface area (Å²) in [6, 6.07) is 5.76. The molecule has 0 bridgehead atoms. The van der Waals surface area contributed by atoms with Gasteiger partial charge in [-0.15, -0.1) is 0 Å². The van der Waals surface area contributed by atoms with Gasteiger partial charge < -0.3 is 10.0 Å². The number of hydrogen-bond donors (Lipinski definition) is 1. The molecule has 1 aliphatic heterocycles. The first-order valence-electron chi connectivity index (χ1n) is 6.64. The summed E-state index contributed by atoms with van der Waals surface area (Å²) < 4.78 is 0. The van der Waals surface area contributed by atoms with Crippen LogP contribution in [0.5, 0.6) is 0 Å². The Hall–Kier alpha value is -1.46. The van der Waals surface area contributed by atoms with Gasteiger partial charge in [0.1, 0.15) is 5.69 Å². The maximum atomic E-state index is 10.9. The van der Waals surface area contributed by atoms with Crippen molar-refractivity contribution in [3.8, 4) is 0 Å². The van der Waals surface area contributed by atoms with Crippen molar-refractivity contribution in [2.45, 2.75) is 25.4 Å². The minimum absolute atomic E-state index is 0.115. The highest BCUT2D eigenvalue weighted by molar-refractivity contribution is 5.85. The zero-order chi connectivity index (χ0) is 13.8. The van der Waals surface area contributed by atoms with Crippen LogP contribution < -0.4 is 0 Å². The summed E-state index contributed by atoms with van der Waals surface area (Å²) in [6.45, 7) is 2.85. The first-order valence-corrected chi connectivity index (χ1v) is 6.64. The van der Waals surface area contributed by atoms with E-state index in [-0.39, 0.29) is 5.69 Å². The highest BCUT2D eigenvalue weighted by Crippen LogP contribution is 2.16. The molecule has 1 aromatic heterocycles. The van der Waals surface area contributed by atoms with Crippen LogP contribution >= 0.6 is 0 Å². The number of likely N-dealkylation sites (tertiary alicyclic amines) is 1. The van der Waals surface area contributed by atoms with Gasteiger partial charge in [-0.05, 0) is 45.6 Å². The van der Waals surface area contributed by atoms with E-state index >= 15 is 0 Å². The molecule has 19 heavy (non-hydrogen) atoms. The maximum absolute atomic E-state index is 10.9.